The monoisotopic (exact) mass is 228 g/mol. The van der Waals surface area contributed by atoms with Crippen LogP contribution in [-0.4, -0.2) is 15.9 Å². The summed E-state index contributed by atoms with van der Waals surface area (Å²) in [5.41, 5.74) is 7.91. The number of nitrogens with one attached hydrogen (secondary N) is 1. The number of nitrogens with zero attached hydrogens (tertiary/aromatic N) is 2. The lowest BCUT2D eigenvalue weighted by atomic mass is 10.3. The molecule has 2 aromatic heterocycles. The highest BCUT2D eigenvalue weighted by molar-refractivity contribution is 6.03. The van der Waals surface area contributed by atoms with E-state index in [0.29, 0.717) is 17.1 Å². The predicted molar refractivity (Wildman–Crippen MR) is 65.6 cm³/mol. The minimum atomic E-state index is -0.289. The molecule has 0 aliphatic carbocycles. The van der Waals surface area contributed by atoms with Crippen molar-refractivity contribution < 1.29 is 4.79 Å². The molecule has 0 fully saturated rings. The quantitative estimate of drug-likeness (QED) is 0.818. The van der Waals surface area contributed by atoms with Gasteiger partial charge in [0.05, 0.1) is 0 Å². The van der Waals surface area contributed by atoms with E-state index >= 15 is 0 Å². The fraction of sp³-hybridized carbons (Fsp3) is 0.0833. The Bertz CT molecular complexity index is 554. The van der Waals surface area contributed by atoms with Gasteiger partial charge < -0.3 is 11.1 Å². The van der Waals surface area contributed by atoms with Crippen LogP contribution in [-0.2, 0) is 0 Å². The Morgan fingerprint density at radius 1 is 1.24 bits per heavy atom. The second kappa shape index (κ2) is 4.61. The number of nitrogens with two attached hydrogens (primary N) is 1. The lowest BCUT2D eigenvalue weighted by molar-refractivity contribution is 0.102. The molecule has 0 saturated carbocycles. The normalized spacial score (nSPS) is 9.94. The van der Waals surface area contributed by atoms with E-state index in [4.69, 9.17) is 5.73 Å². The van der Waals surface area contributed by atoms with Gasteiger partial charge in [-0.2, -0.15) is 0 Å². The van der Waals surface area contributed by atoms with Crippen molar-refractivity contribution in [2.45, 2.75) is 6.92 Å². The number of pyridine rings is 2. The molecule has 0 saturated heterocycles. The maximum atomic E-state index is 11.8. The molecule has 0 unspecified atom stereocenters. The van der Waals surface area contributed by atoms with E-state index < -0.39 is 0 Å². The maximum absolute atomic E-state index is 11.8. The van der Waals surface area contributed by atoms with Gasteiger partial charge in [-0.25, -0.2) is 0 Å². The molecule has 0 atom stereocenters. The van der Waals surface area contributed by atoms with Crippen LogP contribution in [0.1, 0.15) is 16.2 Å². The average molecular weight is 228 g/mol. The fourth-order valence-corrected chi connectivity index (χ4v) is 1.39. The second-order valence-electron chi connectivity index (χ2n) is 3.61. The molecule has 2 rings (SSSR count). The van der Waals surface area contributed by atoms with E-state index in [1.807, 2.05) is 6.92 Å². The summed E-state index contributed by atoms with van der Waals surface area (Å²) >= 11 is 0. The summed E-state index contributed by atoms with van der Waals surface area (Å²) in [6.45, 7) is 1.86. The van der Waals surface area contributed by atoms with Crippen LogP contribution in [0.15, 0.2) is 36.7 Å². The summed E-state index contributed by atoms with van der Waals surface area (Å²) in [6.07, 6.45) is 3.14. The summed E-state index contributed by atoms with van der Waals surface area (Å²) in [7, 11) is 0. The molecule has 3 N–H and O–H groups in total. The Hall–Kier alpha value is -2.43. The van der Waals surface area contributed by atoms with Crippen LogP contribution in [0.4, 0.5) is 11.4 Å². The van der Waals surface area contributed by atoms with E-state index in [9.17, 15) is 4.79 Å². The van der Waals surface area contributed by atoms with Gasteiger partial charge in [-0.1, -0.05) is 0 Å². The Balaban J connectivity index is 2.17. The van der Waals surface area contributed by atoms with Crippen molar-refractivity contribution in [3.63, 3.8) is 0 Å². The van der Waals surface area contributed by atoms with E-state index in [1.54, 1.807) is 24.4 Å². The Kier molecular flexibility index (Phi) is 3.00. The minimum absolute atomic E-state index is 0.289. The van der Waals surface area contributed by atoms with E-state index in [1.165, 1.54) is 12.3 Å². The standard InChI is InChI=1S/C12H12N4O/c1-8-6-10(3-5-14-8)16-12(17)11-7-9(13)2-4-15-11/h2-7H,1H3,(H2,13,15)(H,14,16,17). The average Bonchev–Trinajstić information content (AvgIpc) is 2.29. The van der Waals surface area contributed by atoms with Gasteiger partial charge in [-0.05, 0) is 31.2 Å². The van der Waals surface area contributed by atoms with Gasteiger partial charge >= 0.3 is 0 Å². The molecule has 0 aromatic carbocycles. The molecule has 5 nitrogen and oxygen atoms in total. The van der Waals surface area contributed by atoms with Gasteiger partial charge in [0.25, 0.3) is 5.91 Å². The number of carbonyl (C=O) groups is 1. The number of aryl methyl sites for hydroxylation is 1. The third-order valence-electron chi connectivity index (χ3n) is 2.17. The largest absolute Gasteiger partial charge is 0.399 e. The summed E-state index contributed by atoms with van der Waals surface area (Å²) in [6, 6.07) is 6.66. The summed E-state index contributed by atoms with van der Waals surface area (Å²) in [5.74, 6) is -0.289. The van der Waals surface area contributed by atoms with Crippen LogP contribution in [0.2, 0.25) is 0 Å². The van der Waals surface area contributed by atoms with Gasteiger partial charge in [-0.15, -0.1) is 0 Å². The first-order valence-electron chi connectivity index (χ1n) is 5.11. The van der Waals surface area contributed by atoms with Crippen molar-refractivity contribution >= 4 is 17.3 Å². The van der Waals surface area contributed by atoms with Crippen LogP contribution in [0.25, 0.3) is 0 Å². The number of amides is 1. The summed E-state index contributed by atoms with van der Waals surface area (Å²) < 4.78 is 0. The van der Waals surface area contributed by atoms with Crippen molar-refractivity contribution in [2.24, 2.45) is 0 Å². The third-order valence-corrected chi connectivity index (χ3v) is 2.17. The third kappa shape index (κ3) is 2.78. The number of hydrogen-bond acceptors (Lipinski definition) is 4. The van der Waals surface area contributed by atoms with Crippen LogP contribution >= 0.6 is 0 Å². The molecule has 17 heavy (non-hydrogen) atoms. The van der Waals surface area contributed by atoms with Crippen LogP contribution in [0, 0.1) is 6.92 Å². The minimum Gasteiger partial charge on any atom is -0.399 e. The lowest BCUT2D eigenvalue weighted by Gasteiger charge is -2.05. The van der Waals surface area contributed by atoms with Gasteiger partial charge in [0, 0.05) is 29.5 Å². The maximum Gasteiger partial charge on any atom is 0.274 e. The number of aromatic nitrogens is 2. The molecular weight excluding hydrogens is 216 g/mol. The summed E-state index contributed by atoms with van der Waals surface area (Å²) in [4.78, 5) is 19.8. The van der Waals surface area contributed by atoms with Crippen molar-refractivity contribution in [3.8, 4) is 0 Å². The molecule has 0 spiro atoms. The molecule has 0 radical (unpaired) electrons. The molecule has 2 heterocycles. The highest BCUT2D eigenvalue weighted by Gasteiger charge is 2.07. The molecular formula is C12H12N4O. The van der Waals surface area contributed by atoms with E-state index in [0.717, 1.165) is 5.69 Å². The molecule has 0 aliphatic heterocycles. The number of rotatable bonds is 2. The van der Waals surface area contributed by atoms with Crippen molar-refractivity contribution in [1.82, 2.24) is 9.97 Å². The Morgan fingerprint density at radius 3 is 2.71 bits per heavy atom. The number of nitrogen functional groups attached to an aromatic ring is 1. The van der Waals surface area contributed by atoms with Gasteiger partial charge in [-0.3, -0.25) is 14.8 Å². The zero-order valence-electron chi connectivity index (χ0n) is 9.34. The van der Waals surface area contributed by atoms with E-state index in [2.05, 4.69) is 15.3 Å². The van der Waals surface area contributed by atoms with Crippen LogP contribution < -0.4 is 11.1 Å². The Morgan fingerprint density at radius 2 is 2.00 bits per heavy atom. The van der Waals surface area contributed by atoms with Crippen LogP contribution in [0.3, 0.4) is 0 Å². The first kappa shape index (κ1) is 11.1. The van der Waals surface area contributed by atoms with Crippen molar-refractivity contribution in [3.05, 3.63) is 48.0 Å². The molecule has 86 valence electrons. The van der Waals surface area contributed by atoms with Crippen molar-refractivity contribution in [2.75, 3.05) is 11.1 Å². The smallest absolute Gasteiger partial charge is 0.274 e. The number of anilines is 2. The lowest BCUT2D eigenvalue weighted by Crippen LogP contribution is -2.14. The second-order valence-corrected chi connectivity index (χ2v) is 3.61. The number of carbonyl (C=O) groups excluding carboxylic acids is 1. The van der Waals surface area contributed by atoms with Gasteiger partial charge in [0.15, 0.2) is 0 Å². The van der Waals surface area contributed by atoms with Gasteiger partial charge in [0.1, 0.15) is 5.69 Å². The highest BCUT2D eigenvalue weighted by atomic mass is 16.1. The topological polar surface area (TPSA) is 80.9 Å². The first-order chi connectivity index (χ1) is 8.15. The first-order valence-corrected chi connectivity index (χ1v) is 5.11. The summed E-state index contributed by atoms with van der Waals surface area (Å²) in [5, 5.41) is 2.73. The van der Waals surface area contributed by atoms with Crippen molar-refractivity contribution in [1.29, 1.82) is 0 Å². The molecule has 5 heteroatoms. The van der Waals surface area contributed by atoms with Crippen LogP contribution in [0.5, 0.6) is 0 Å². The molecule has 0 bridgehead atoms. The Labute approximate surface area is 98.7 Å². The zero-order chi connectivity index (χ0) is 12.3. The molecule has 1 amide bonds. The van der Waals surface area contributed by atoms with E-state index in [-0.39, 0.29) is 5.91 Å². The predicted octanol–water partition coefficient (Wildman–Crippen LogP) is 1.62. The SMILES string of the molecule is Cc1cc(NC(=O)c2cc(N)ccn2)ccn1. The fourth-order valence-electron chi connectivity index (χ4n) is 1.39. The molecule has 2 aromatic rings. The number of hydrogen-bond donors (Lipinski definition) is 2. The highest BCUT2D eigenvalue weighted by Crippen LogP contribution is 2.10. The zero-order valence-corrected chi connectivity index (χ0v) is 9.34. The van der Waals surface area contributed by atoms with Gasteiger partial charge in [0.2, 0.25) is 0 Å². The molecule has 0 aliphatic rings.